The van der Waals surface area contributed by atoms with Crippen LogP contribution in [0.1, 0.15) is 6.92 Å². The Kier molecular flexibility index (Phi) is 4.61. The highest BCUT2D eigenvalue weighted by Gasteiger charge is 2.16. The molecule has 0 aliphatic rings. The summed E-state index contributed by atoms with van der Waals surface area (Å²) in [5.74, 6) is -0.0143. The van der Waals surface area contributed by atoms with Crippen molar-refractivity contribution in [1.82, 2.24) is 0 Å². The smallest absolute Gasteiger partial charge is 0.344 e. The van der Waals surface area contributed by atoms with Gasteiger partial charge in [0.2, 0.25) is 0 Å². The average Bonchev–Trinajstić information content (AvgIpc) is 2.21. The summed E-state index contributed by atoms with van der Waals surface area (Å²) in [6.07, 6.45) is -0.915. The van der Waals surface area contributed by atoms with Gasteiger partial charge >= 0.3 is 5.97 Å². The highest BCUT2D eigenvalue weighted by atomic mass is 79.9. The molecule has 4 nitrogen and oxygen atoms in total. The molecule has 16 heavy (non-hydrogen) atoms. The predicted molar refractivity (Wildman–Crippen MR) is 66.1 cm³/mol. The SMILES string of the molecule is COc1cc(O[C@@H](C)C(=O)O)c(Br)cc1Br. The molecule has 1 aromatic carbocycles. The summed E-state index contributed by atoms with van der Waals surface area (Å²) >= 11 is 6.59. The number of carbonyl (C=O) groups is 1. The molecule has 88 valence electrons. The number of ether oxygens (including phenoxy) is 2. The monoisotopic (exact) mass is 352 g/mol. The molecule has 0 aromatic heterocycles. The quantitative estimate of drug-likeness (QED) is 0.903. The molecule has 0 saturated carbocycles. The van der Waals surface area contributed by atoms with Gasteiger partial charge in [-0.2, -0.15) is 0 Å². The van der Waals surface area contributed by atoms with Gasteiger partial charge in [0.05, 0.1) is 16.1 Å². The molecule has 1 rings (SSSR count). The number of carboxylic acid groups (broad SMARTS) is 1. The van der Waals surface area contributed by atoms with E-state index in [1.165, 1.54) is 14.0 Å². The second-order valence-electron chi connectivity index (χ2n) is 3.02. The molecule has 0 amide bonds. The Morgan fingerprint density at radius 3 is 2.38 bits per heavy atom. The van der Waals surface area contributed by atoms with Crippen LogP contribution in [-0.4, -0.2) is 24.3 Å². The zero-order valence-electron chi connectivity index (χ0n) is 8.66. The van der Waals surface area contributed by atoms with Gasteiger partial charge in [0, 0.05) is 6.07 Å². The molecule has 0 fully saturated rings. The second kappa shape index (κ2) is 5.54. The first-order chi connectivity index (χ1) is 7.45. The summed E-state index contributed by atoms with van der Waals surface area (Å²) in [4.78, 5) is 10.7. The highest BCUT2D eigenvalue weighted by molar-refractivity contribution is 9.11. The van der Waals surface area contributed by atoms with Crippen LogP contribution < -0.4 is 9.47 Å². The van der Waals surface area contributed by atoms with Gasteiger partial charge < -0.3 is 14.6 Å². The van der Waals surface area contributed by atoms with Gasteiger partial charge in [-0.1, -0.05) is 0 Å². The van der Waals surface area contributed by atoms with Crippen LogP contribution in [0.3, 0.4) is 0 Å². The molecule has 0 bridgehead atoms. The van der Waals surface area contributed by atoms with Crippen LogP contribution in [0.5, 0.6) is 11.5 Å². The maximum atomic E-state index is 10.7. The van der Waals surface area contributed by atoms with Crippen molar-refractivity contribution in [3.05, 3.63) is 21.1 Å². The van der Waals surface area contributed by atoms with Gasteiger partial charge in [0.15, 0.2) is 6.10 Å². The van der Waals surface area contributed by atoms with Gasteiger partial charge in [-0.25, -0.2) is 4.79 Å². The van der Waals surface area contributed by atoms with Gasteiger partial charge in [-0.15, -0.1) is 0 Å². The zero-order valence-corrected chi connectivity index (χ0v) is 11.8. The van der Waals surface area contributed by atoms with E-state index in [4.69, 9.17) is 14.6 Å². The zero-order chi connectivity index (χ0) is 12.3. The Morgan fingerprint density at radius 2 is 1.88 bits per heavy atom. The number of hydrogen-bond donors (Lipinski definition) is 1. The molecular formula is C10H10Br2O4. The van der Waals surface area contributed by atoms with Crippen LogP contribution in [0.25, 0.3) is 0 Å². The fraction of sp³-hybridized carbons (Fsp3) is 0.300. The Balaban J connectivity index is 3.00. The number of benzene rings is 1. The molecule has 0 heterocycles. The maximum Gasteiger partial charge on any atom is 0.344 e. The van der Waals surface area contributed by atoms with Crippen LogP contribution in [0, 0.1) is 0 Å². The molecule has 0 spiro atoms. The van der Waals surface area contributed by atoms with Crippen LogP contribution in [-0.2, 0) is 4.79 Å². The van der Waals surface area contributed by atoms with Gasteiger partial charge in [0.25, 0.3) is 0 Å². The number of aliphatic carboxylic acids is 1. The minimum atomic E-state index is -1.02. The van der Waals surface area contributed by atoms with Gasteiger partial charge in [-0.3, -0.25) is 0 Å². The standard InChI is InChI=1S/C10H10Br2O4/c1-5(10(13)14)16-9-4-8(15-2)6(11)3-7(9)12/h3-5H,1-2H3,(H,13,14)/t5-/m0/s1. The maximum absolute atomic E-state index is 10.7. The molecule has 0 saturated heterocycles. The number of halogens is 2. The van der Waals surface area contributed by atoms with Crippen molar-refractivity contribution >= 4 is 37.8 Å². The van der Waals surface area contributed by atoms with Gasteiger partial charge in [0.1, 0.15) is 11.5 Å². The Hall–Kier alpha value is -0.750. The summed E-state index contributed by atoms with van der Waals surface area (Å²) in [5.41, 5.74) is 0. The molecule has 1 N–H and O–H groups in total. The van der Waals surface area contributed by atoms with Crippen LogP contribution in [0.15, 0.2) is 21.1 Å². The fourth-order valence-electron chi connectivity index (χ4n) is 0.998. The van der Waals surface area contributed by atoms with Crippen molar-refractivity contribution in [3.8, 4) is 11.5 Å². The third-order valence-electron chi connectivity index (χ3n) is 1.86. The highest BCUT2D eigenvalue weighted by Crippen LogP contribution is 2.36. The third-order valence-corrected chi connectivity index (χ3v) is 3.10. The second-order valence-corrected chi connectivity index (χ2v) is 4.72. The first-order valence-corrected chi connectivity index (χ1v) is 5.96. The molecule has 1 atom stereocenters. The largest absolute Gasteiger partial charge is 0.495 e. The van der Waals surface area contributed by atoms with Crippen LogP contribution >= 0.6 is 31.9 Å². The topological polar surface area (TPSA) is 55.8 Å². The lowest BCUT2D eigenvalue weighted by molar-refractivity contribution is -0.144. The van der Waals surface area contributed by atoms with E-state index >= 15 is 0 Å². The Bertz CT molecular complexity index is 406. The number of methoxy groups -OCH3 is 1. The molecule has 0 aliphatic heterocycles. The summed E-state index contributed by atoms with van der Waals surface area (Å²) in [7, 11) is 1.53. The number of carboxylic acids is 1. The fourth-order valence-corrected chi connectivity index (χ4v) is 2.25. The third kappa shape index (κ3) is 3.12. The minimum absolute atomic E-state index is 0.426. The molecule has 0 radical (unpaired) electrons. The van der Waals surface area contributed by atoms with Crippen molar-refractivity contribution in [3.63, 3.8) is 0 Å². The molecule has 1 aromatic rings. The molecule has 6 heteroatoms. The van der Waals surface area contributed by atoms with E-state index in [2.05, 4.69) is 31.9 Å². The predicted octanol–water partition coefficient (Wildman–Crippen LogP) is 3.07. The first-order valence-electron chi connectivity index (χ1n) is 4.38. The van der Waals surface area contributed by atoms with E-state index in [0.29, 0.717) is 16.0 Å². The summed E-state index contributed by atoms with van der Waals surface area (Å²) in [5, 5.41) is 8.73. The minimum Gasteiger partial charge on any atom is -0.495 e. The van der Waals surface area contributed by atoms with E-state index < -0.39 is 12.1 Å². The molecule has 0 aliphatic carbocycles. The number of hydrogen-bond acceptors (Lipinski definition) is 3. The summed E-state index contributed by atoms with van der Waals surface area (Å²) < 4.78 is 11.8. The van der Waals surface area contributed by atoms with Crippen LogP contribution in [0.4, 0.5) is 0 Å². The Labute approximate surface area is 110 Å². The van der Waals surface area contributed by atoms with Crippen molar-refractivity contribution in [2.75, 3.05) is 7.11 Å². The normalized spacial score (nSPS) is 12.0. The average molecular weight is 354 g/mol. The van der Waals surface area contributed by atoms with E-state index in [0.717, 1.165) is 4.47 Å². The van der Waals surface area contributed by atoms with Crippen molar-refractivity contribution < 1.29 is 19.4 Å². The van der Waals surface area contributed by atoms with E-state index in [1.54, 1.807) is 12.1 Å². The van der Waals surface area contributed by atoms with E-state index in [-0.39, 0.29) is 0 Å². The van der Waals surface area contributed by atoms with E-state index in [1.807, 2.05) is 0 Å². The number of rotatable bonds is 4. The summed E-state index contributed by atoms with van der Waals surface area (Å²) in [6, 6.07) is 3.36. The van der Waals surface area contributed by atoms with Crippen molar-refractivity contribution in [2.45, 2.75) is 13.0 Å². The van der Waals surface area contributed by atoms with Crippen molar-refractivity contribution in [1.29, 1.82) is 0 Å². The Morgan fingerprint density at radius 1 is 1.31 bits per heavy atom. The van der Waals surface area contributed by atoms with Crippen molar-refractivity contribution in [2.24, 2.45) is 0 Å². The van der Waals surface area contributed by atoms with Crippen LogP contribution in [0.2, 0.25) is 0 Å². The lowest BCUT2D eigenvalue weighted by Gasteiger charge is -2.13. The van der Waals surface area contributed by atoms with E-state index in [9.17, 15) is 4.79 Å². The molecular weight excluding hydrogens is 344 g/mol. The summed E-state index contributed by atoms with van der Waals surface area (Å²) in [6.45, 7) is 1.46. The lowest BCUT2D eigenvalue weighted by atomic mass is 10.3. The molecule has 0 unspecified atom stereocenters. The first kappa shape index (κ1) is 13.3. The van der Waals surface area contributed by atoms with Gasteiger partial charge in [-0.05, 0) is 44.8 Å². The lowest BCUT2D eigenvalue weighted by Crippen LogP contribution is -2.23.